The van der Waals surface area contributed by atoms with Crippen LogP contribution in [0.25, 0.3) is 0 Å². The van der Waals surface area contributed by atoms with Gasteiger partial charge in [-0.25, -0.2) is 0 Å². The van der Waals surface area contributed by atoms with E-state index in [1.54, 1.807) is 0 Å². The first-order chi connectivity index (χ1) is 6.94. The van der Waals surface area contributed by atoms with Crippen LogP contribution in [0, 0.1) is 11.3 Å². The molecule has 0 aliphatic heterocycles. The van der Waals surface area contributed by atoms with E-state index in [1.807, 2.05) is 0 Å². The van der Waals surface area contributed by atoms with Crippen LogP contribution in [0.3, 0.4) is 0 Å². The van der Waals surface area contributed by atoms with E-state index >= 15 is 0 Å². The largest absolute Gasteiger partial charge is 0.266 e. The Kier molecular flexibility index (Phi) is 2.84. The highest BCUT2D eigenvalue weighted by molar-refractivity contribution is 7.86. The van der Waals surface area contributed by atoms with Gasteiger partial charge in [-0.05, 0) is 25.2 Å². The number of hydrogen-bond donors (Lipinski definition) is 0. The second-order valence-corrected chi connectivity index (χ2v) is 6.81. The maximum Gasteiger partial charge on any atom is 0.264 e. The Labute approximate surface area is 92.3 Å². The summed E-state index contributed by atoms with van der Waals surface area (Å²) in [7, 11) is -3.29. The third-order valence-electron chi connectivity index (χ3n) is 4.30. The van der Waals surface area contributed by atoms with Crippen LogP contribution in [0.15, 0.2) is 0 Å². The molecule has 4 heteroatoms. The summed E-state index contributed by atoms with van der Waals surface area (Å²) in [6, 6.07) is 0. The van der Waals surface area contributed by atoms with E-state index in [4.69, 9.17) is 4.18 Å². The van der Waals surface area contributed by atoms with Gasteiger partial charge in [-0.1, -0.05) is 26.2 Å². The van der Waals surface area contributed by atoms with Gasteiger partial charge in [-0.3, -0.25) is 4.18 Å². The van der Waals surface area contributed by atoms with Crippen molar-refractivity contribution in [2.24, 2.45) is 11.3 Å². The summed E-state index contributed by atoms with van der Waals surface area (Å²) in [5.74, 6) is 0.617. The van der Waals surface area contributed by atoms with E-state index in [2.05, 4.69) is 6.92 Å². The smallest absolute Gasteiger partial charge is 0.264 e. The molecule has 88 valence electrons. The van der Waals surface area contributed by atoms with Gasteiger partial charge in [0.05, 0.1) is 12.4 Å². The lowest BCUT2D eigenvalue weighted by atomic mass is 9.76. The van der Waals surface area contributed by atoms with Gasteiger partial charge in [0, 0.05) is 5.41 Å². The minimum absolute atomic E-state index is 0.0509. The molecule has 1 spiro atoms. The quantitative estimate of drug-likeness (QED) is 0.686. The highest BCUT2D eigenvalue weighted by Crippen LogP contribution is 2.55. The highest BCUT2D eigenvalue weighted by Gasteiger charge is 2.50. The van der Waals surface area contributed by atoms with Gasteiger partial charge in [0.1, 0.15) is 0 Å². The minimum atomic E-state index is -3.29. The van der Waals surface area contributed by atoms with Crippen molar-refractivity contribution < 1.29 is 12.6 Å². The molecule has 0 unspecified atom stereocenters. The van der Waals surface area contributed by atoms with Crippen LogP contribution in [-0.2, 0) is 14.3 Å². The van der Waals surface area contributed by atoms with Crippen LogP contribution in [0.1, 0.15) is 45.4 Å². The molecule has 2 saturated carbocycles. The van der Waals surface area contributed by atoms with Crippen LogP contribution in [0.5, 0.6) is 0 Å². The summed E-state index contributed by atoms with van der Waals surface area (Å²) in [6.45, 7) is 2.25. The third-order valence-corrected chi connectivity index (χ3v) is 4.88. The van der Waals surface area contributed by atoms with Crippen LogP contribution < -0.4 is 0 Å². The molecule has 3 atom stereocenters. The van der Waals surface area contributed by atoms with Crippen molar-refractivity contribution in [2.75, 3.05) is 6.26 Å². The number of hydrogen-bond acceptors (Lipinski definition) is 3. The average molecular weight is 232 g/mol. The molecule has 0 bridgehead atoms. The Bertz CT molecular complexity index is 332. The van der Waals surface area contributed by atoms with E-state index in [-0.39, 0.29) is 11.5 Å². The Balaban J connectivity index is 2.18. The molecule has 0 aromatic carbocycles. The van der Waals surface area contributed by atoms with Gasteiger partial charge in [0.15, 0.2) is 0 Å². The fourth-order valence-corrected chi connectivity index (χ4v) is 4.25. The van der Waals surface area contributed by atoms with Crippen LogP contribution in [0.4, 0.5) is 0 Å². The van der Waals surface area contributed by atoms with Crippen molar-refractivity contribution in [1.82, 2.24) is 0 Å². The predicted octanol–water partition coefficient (Wildman–Crippen LogP) is 2.32. The number of rotatable bonds is 2. The van der Waals surface area contributed by atoms with Crippen LogP contribution in [-0.4, -0.2) is 20.8 Å². The van der Waals surface area contributed by atoms with Crippen molar-refractivity contribution in [3.8, 4) is 0 Å². The lowest BCUT2D eigenvalue weighted by Crippen LogP contribution is -2.35. The molecule has 0 aromatic heterocycles. The zero-order valence-electron chi connectivity index (χ0n) is 9.53. The maximum atomic E-state index is 11.2. The van der Waals surface area contributed by atoms with E-state index in [9.17, 15) is 8.42 Å². The van der Waals surface area contributed by atoms with Gasteiger partial charge in [0.2, 0.25) is 0 Å². The first-order valence-corrected chi connectivity index (χ1v) is 7.64. The van der Waals surface area contributed by atoms with Crippen molar-refractivity contribution in [3.05, 3.63) is 0 Å². The SMILES string of the molecule is C[C@@H]1CCC[C@@]12CCC[C@@H]2OS(C)(=O)=O. The highest BCUT2D eigenvalue weighted by atomic mass is 32.2. The van der Waals surface area contributed by atoms with Crippen LogP contribution >= 0.6 is 0 Å². The predicted molar refractivity (Wildman–Crippen MR) is 59.0 cm³/mol. The molecular weight excluding hydrogens is 212 g/mol. The summed E-state index contributed by atoms with van der Waals surface area (Å²) >= 11 is 0. The molecule has 0 aromatic rings. The Morgan fingerprint density at radius 2 is 1.80 bits per heavy atom. The Hall–Kier alpha value is -0.0900. The molecule has 3 nitrogen and oxygen atoms in total. The van der Waals surface area contributed by atoms with Crippen molar-refractivity contribution >= 4 is 10.1 Å². The Morgan fingerprint density at radius 3 is 2.33 bits per heavy atom. The topological polar surface area (TPSA) is 43.4 Å². The molecule has 15 heavy (non-hydrogen) atoms. The lowest BCUT2D eigenvalue weighted by Gasteiger charge is -2.34. The van der Waals surface area contributed by atoms with E-state index < -0.39 is 10.1 Å². The minimum Gasteiger partial charge on any atom is -0.266 e. The molecule has 0 amide bonds. The first kappa shape index (κ1) is 11.4. The summed E-state index contributed by atoms with van der Waals surface area (Å²) in [6.07, 6.45) is 7.89. The van der Waals surface area contributed by atoms with Crippen molar-refractivity contribution in [1.29, 1.82) is 0 Å². The maximum absolute atomic E-state index is 11.2. The fraction of sp³-hybridized carbons (Fsp3) is 1.00. The molecule has 2 fully saturated rings. The normalized spacial score (nSPS) is 41.5. The summed E-state index contributed by atoms with van der Waals surface area (Å²) in [4.78, 5) is 0. The molecule has 0 heterocycles. The van der Waals surface area contributed by atoms with Crippen molar-refractivity contribution in [2.45, 2.75) is 51.6 Å². The zero-order chi connectivity index (χ0) is 11.1. The molecule has 2 aliphatic rings. The molecule has 2 aliphatic carbocycles. The zero-order valence-corrected chi connectivity index (χ0v) is 10.3. The molecule has 0 radical (unpaired) electrons. The molecule has 0 saturated heterocycles. The van der Waals surface area contributed by atoms with E-state index in [0.29, 0.717) is 5.92 Å². The molecule has 0 N–H and O–H groups in total. The summed E-state index contributed by atoms with van der Waals surface area (Å²) in [5, 5.41) is 0. The second kappa shape index (κ2) is 3.74. The van der Waals surface area contributed by atoms with Crippen molar-refractivity contribution in [3.63, 3.8) is 0 Å². The fourth-order valence-electron chi connectivity index (χ4n) is 3.54. The Morgan fingerprint density at radius 1 is 1.20 bits per heavy atom. The third kappa shape index (κ3) is 2.07. The van der Waals surface area contributed by atoms with E-state index in [1.165, 1.54) is 19.1 Å². The monoisotopic (exact) mass is 232 g/mol. The van der Waals surface area contributed by atoms with Gasteiger partial charge >= 0.3 is 0 Å². The van der Waals surface area contributed by atoms with Gasteiger partial charge in [-0.15, -0.1) is 0 Å². The standard InChI is InChI=1S/C11H20O3S/c1-9-5-3-7-11(9)8-4-6-10(11)14-15(2,12)13/h9-10H,3-8H2,1-2H3/t9-,10+,11-/m1/s1. The average Bonchev–Trinajstić information content (AvgIpc) is 2.62. The van der Waals surface area contributed by atoms with Gasteiger partial charge < -0.3 is 0 Å². The van der Waals surface area contributed by atoms with Gasteiger partial charge in [0.25, 0.3) is 10.1 Å². The second-order valence-electron chi connectivity index (χ2n) is 5.21. The molecule has 2 rings (SSSR count). The summed E-state index contributed by atoms with van der Waals surface area (Å²) < 4.78 is 27.7. The molecular formula is C11H20O3S. The van der Waals surface area contributed by atoms with Gasteiger partial charge in [-0.2, -0.15) is 8.42 Å². The van der Waals surface area contributed by atoms with Crippen LogP contribution in [0.2, 0.25) is 0 Å². The summed E-state index contributed by atoms with van der Waals surface area (Å²) in [5.41, 5.74) is 0.170. The van der Waals surface area contributed by atoms with E-state index in [0.717, 1.165) is 25.7 Å². The first-order valence-electron chi connectivity index (χ1n) is 5.82. The lowest BCUT2D eigenvalue weighted by molar-refractivity contribution is 0.0536.